The van der Waals surface area contributed by atoms with Crippen molar-refractivity contribution in [1.29, 1.82) is 0 Å². The maximum absolute atomic E-state index is 11.0. The molecule has 0 aromatic heterocycles. The number of carbonyl (C=O) groups is 1. The van der Waals surface area contributed by atoms with Gasteiger partial charge >= 0.3 is 5.97 Å². The molecule has 0 fully saturated rings. The number of carboxylic acid groups (broad SMARTS) is 1. The zero-order valence-corrected chi connectivity index (χ0v) is 12.9. The molecule has 1 aliphatic rings. The van der Waals surface area contributed by atoms with E-state index in [2.05, 4.69) is 15.9 Å². The standard InChI is InChI=1S/C14H18BrNO4/c1-14(2,7-10(17)18)13(15)16-11(19)8-5-3-4-6-9(8)12(16)20/h3-6,11-13,19-20H,7H2,1-2H3,(H,17,18). The van der Waals surface area contributed by atoms with Crippen LogP contribution in [0, 0.1) is 5.41 Å². The molecule has 1 aliphatic heterocycles. The zero-order chi connectivity index (χ0) is 15.1. The second-order valence-corrected chi connectivity index (χ2v) is 6.59. The van der Waals surface area contributed by atoms with Gasteiger partial charge in [-0.25, -0.2) is 4.90 Å². The molecule has 20 heavy (non-hydrogen) atoms. The van der Waals surface area contributed by atoms with Crippen LogP contribution < -0.4 is 0 Å². The smallest absolute Gasteiger partial charge is 0.303 e. The second-order valence-electron chi connectivity index (χ2n) is 5.72. The summed E-state index contributed by atoms with van der Waals surface area (Å²) in [5, 5.41) is 29.7. The molecule has 0 saturated heterocycles. The summed E-state index contributed by atoms with van der Waals surface area (Å²) in [6.07, 6.45) is -1.99. The molecule has 110 valence electrons. The number of hydrogen-bond acceptors (Lipinski definition) is 4. The molecule has 0 amide bonds. The fourth-order valence-corrected chi connectivity index (χ4v) is 3.17. The number of nitrogens with zero attached hydrogens (tertiary/aromatic N) is 1. The van der Waals surface area contributed by atoms with Crippen molar-refractivity contribution >= 4 is 21.9 Å². The number of benzene rings is 1. The van der Waals surface area contributed by atoms with Crippen molar-refractivity contribution < 1.29 is 20.1 Å². The molecular formula is C14H18BrNO4. The molecule has 3 N–H and O–H groups in total. The summed E-state index contributed by atoms with van der Waals surface area (Å²) in [5.41, 5.74) is 0.640. The number of rotatable bonds is 4. The molecule has 3 atom stereocenters. The largest absolute Gasteiger partial charge is 0.481 e. The molecule has 0 radical (unpaired) electrons. The minimum absolute atomic E-state index is 0.0742. The van der Waals surface area contributed by atoms with E-state index in [9.17, 15) is 15.0 Å². The Morgan fingerprint density at radius 1 is 1.30 bits per heavy atom. The van der Waals surface area contributed by atoms with Crippen LogP contribution >= 0.6 is 15.9 Å². The van der Waals surface area contributed by atoms with Crippen LogP contribution in [0.4, 0.5) is 0 Å². The van der Waals surface area contributed by atoms with E-state index in [1.165, 1.54) is 4.90 Å². The van der Waals surface area contributed by atoms with Crippen LogP contribution in [-0.4, -0.2) is 31.1 Å². The van der Waals surface area contributed by atoms with Gasteiger partial charge in [-0.2, -0.15) is 0 Å². The molecule has 0 saturated carbocycles. The van der Waals surface area contributed by atoms with Crippen LogP contribution in [0.5, 0.6) is 0 Å². The second kappa shape index (κ2) is 5.44. The minimum Gasteiger partial charge on any atom is -0.481 e. The van der Waals surface area contributed by atoms with E-state index in [4.69, 9.17) is 5.11 Å². The predicted molar refractivity (Wildman–Crippen MR) is 76.9 cm³/mol. The summed E-state index contributed by atoms with van der Waals surface area (Å²) in [6, 6.07) is 7.11. The summed E-state index contributed by atoms with van der Waals surface area (Å²) in [6.45, 7) is 3.56. The summed E-state index contributed by atoms with van der Waals surface area (Å²) < 4.78 is 0. The van der Waals surface area contributed by atoms with Gasteiger partial charge in [0.25, 0.3) is 0 Å². The molecule has 1 heterocycles. The highest BCUT2D eigenvalue weighted by Crippen LogP contribution is 2.46. The van der Waals surface area contributed by atoms with Crippen LogP contribution in [0.2, 0.25) is 0 Å². The van der Waals surface area contributed by atoms with Gasteiger partial charge in [0.1, 0.15) is 12.5 Å². The summed E-state index contributed by atoms with van der Waals surface area (Å²) in [5.74, 6) is -0.917. The van der Waals surface area contributed by atoms with Gasteiger partial charge in [0.05, 0.1) is 11.4 Å². The van der Waals surface area contributed by atoms with E-state index in [1.54, 1.807) is 38.1 Å². The molecule has 6 heteroatoms. The lowest BCUT2D eigenvalue weighted by atomic mass is 9.88. The highest BCUT2D eigenvalue weighted by molar-refractivity contribution is 9.09. The van der Waals surface area contributed by atoms with Crippen LogP contribution in [0.1, 0.15) is 43.9 Å². The molecule has 2 rings (SSSR count). The number of aliphatic hydroxyl groups excluding tert-OH is 2. The summed E-state index contributed by atoms with van der Waals surface area (Å²) >= 11 is 3.44. The number of aliphatic hydroxyl groups is 2. The maximum atomic E-state index is 11.0. The van der Waals surface area contributed by atoms with Gasteiger partial charge in [-0.15, -0.1) is 0 Å². The summed E-state index contributed by atoms with van der Waals surface area (Å²) in [4.78, 5) is 11.9. The first-order chi connectivity index (χ1) is 9.25. The van der Waals surface area contributed by atoms with Crippen molar-refractivity contribution in [3.63, 3.8) is 0 Å². The zero-order valence-electron chi connectivity index (χ0n) is 11.3. The average molecular weight is 344 g/mol. The van der Waals surface area contributed by atoms with E-state index in [1.807, 2.05) is 0 Å². The monoisotopic (exact) mass is 343 g/mol. The summed E-state index contributed by atoms with van der Waals surface area (Å²) in [7, 11) is 0. The number of alkyl halides is 1. The maximum Gasteiger partial charge on any atom is 0.303 e. The Kier molecular flexibility index (Phi) is 4.20. The lowest BCUT2D eigenvalue weighted by Gasteiger charge is -2.38. The van der Waals surface area contributed by atoms with Gasteiger partial charge < -0.3 is 15.3 Å². The number of hydrogen-bond donors (Lipinski definition) is 3. The topological polar surface area (TPSA) is 81.0 Å². The highest BCUT2D eigenvalue weighted by Gasteiger charge is 2.45. The fraction of sp³-hybridized carbons (Fsp3) is 0.500. The highest BCUT2D eigenvalue weighted by atomic mass is 79.9. The third kappa shape index (κ3) is 2.61. The number of halogens is 1. The minimum atomic E-state index is -0.960. The van der Waals surface area contributed by atoms with Gasteiger partial charge in [0, 0.05) is 16.5 Å². The van der Waals surface area contributed by atoms with E-state index >= 15 is 0 Å². The molecule has 1 aromatic carbocycles. The SMILES string of the molecule is CC(C)(CC(=O)O)C(Br)N1C(O)c2ccccc2C1O. The van der Waals surface area contributed by atoms with Crippen LogP contribution in [0.15, 0.2) is 24.3 Å². The molecule has 0 spiro atoms. The average Bonchev–Trinajstić information content (AvgIpc) is 2.60. The van der Waals surface area contributed by atoms with Crippen LogP contribution in [-0.2, 0) is 4.79 Å². The Balaban J connectivity index is 2.29. The quantitative estimate of drug-likeness (QED) is 0.576. The van der Waals surface area contributed by atoms with Crippen LogP contribution in [0.3, 0.4) is 0 Å². The van der Waals surface area contributed by atoms with Crippen molar-refractivity contribution in [3.8, 4) is 0 Å². The van der Waals surface area contributed by atoms with Crippen molar-refractivity contribution in [3.05, 3.63) is 35.4 Å². The third-order valence-corrected chi connectivity index (χ3v) is 5.34. The Bertz CT molecular complexity index is 491. The van der Waals surface area contributed by atoms with Gasteiger partial charge in [-0.3, -0.25) is 4.79 Å². The molecule has 0 aliphatic carbocycles. The Morgan fingerprint density at radius 3 is 2.15 bits per heavy atom. The van der Waals surface area contributed by atoms with Crippen LogP contribution in [0.25, 0.3) is 0 Å². The number of aliphatic carboxylic acids is 1. The molecule has 3 unspecified atom stereocenters. The van der Waals surface area contributed by atoms with Crippen molar-refractivity contribution in [2.24, 2.45) is 5.41 Å². The lowest BCUT2D eigenvalue weighted by Crippen LogP contribution is -2.43. The fourth-order valence-electron chi connectivity index (χ4n) is 2.56. The van der Waals surface area contributed by atoms with Crippen molar-refractivity contribution in [2.45, 2.75) is 37.7 Å². The van der Waals surface area contributed by atoms with E-state index < -0.39 is 28.8 Å². The van der Waals surface area contributed by atoms with E-state index in [0.29, 0.717) is 11.1 Å². The van der Waals surface area contributed by atoms with Gasteiger partial charge in [-0.05, 0) is 0 Å². The first kappa shape index (κ1) is 15.4. The Hall–Kier alpha value is -0.950. The third-order valence-electron chi connectivity index (χ3n) is 3.63. The Morgan fingerprint density at radius 2 is 1.75 bits per heavy atom. The molecule has 1 aromatic rings. The predicted octanol–water partition coefficient (Wildman–Crippen LogP) is 2.21. The number of carboxylic acids is 1. The lowest BCUT2D eigenvalue weighted by molar-refractivity contribution is -0.143. The first-order valence-electron chi connectivity index (χ1n) is 6.34. The first-order valence-corrected chi connectivity index (χ1v) is 7.25. The number of fused-ring (bicyclic) bond motifs is 1. The van der Waals surface area contributed by atoms with E-state index in [0.717, 1.165) is 0 Å². The van der Waals surface area contributed by atoms with Crippen molar-refractivity contribution in [2.75, 3.05) is 0 Å². The molecule has 0 bridgehead atoms. The normalized spacial score (nSPS) is 24.4. The molecule has 5 nitrogen and oxygen atoms in total. The van der Waals surface area contributed by atoms with Crippen molar-refractivity contribution in [1.82, 2.24) is 4.90 Å². The Labute approximate surface area is 126 Å². The van der Waals surface area contributed by atoms with E-state index in [-0.39, 0.29) is 6.42 Å². The van der Waals surface area contributed by atoms with Gasteiger partial charge in [0.15, 0.2) is 0 Å². The molecular weight excluding hydrogens is 326 g/mol. The van der Waals surface area contributed by atoms with Gasteiger partial charge in [-0.1, -0.05) is 54.0 Å². The van der Waals surface area contributed by atoms with Gasteiger partial charge in [0.2, 0.25) is 0 Å².